The van der Waals surface area contributed by atoms with Gasteiger partial charge in [-0.1, -0.05) is 80.6 Å². The van der Waals surface area contributed by atoms with Gasteiger partial charge in [0, 0.05) is 37.2 Å². The average molecular weight is 695 g/mol. The van der Waals surface area contributed by atoms with Crippen molar-refractivity contribution in [3.05, 3.63) is 101 Å². The third-order valence-electron chi connectivity index (χ3n) is 9.61. The van der Waals surface area contributed by atoms with E-state index in [2.05, 4.69) is 15.4 Å². The van der Waals surface area contributed by atoms with Gasteiger partial charge < -0.3 is 25.2 Å². The summed E-state index contributed by atoms with van der Waals surface area (Å²) in [5.74, 6) is -0.959. The van der Waals surface area contributed by atoms with Gasteiger partial charge in [-0.15, -0.1) is 0 Å². The topological polar surface area (TPSA) is 142 Å². The number of carbonyl (C=O) groups excluding carboxylic acids is 6. The summed E-state index contributed by atoms with van der Waals surface area (Å²) in [6, 6.07) is 21.7. The monoisotopic (exact) mass is 694 g/mol. The Morgan fingerprint density at radius 1 is 0.725 bits per heavy atom. The molecule has 11 heteroatoms. The zero-order valence-electron chi connectivity index (χ0n) is 29.4. The van der Waals surface area contributed by atoms with Crippen molar-refractivity contribution in [2.75, 3.05) is 25.5 Å². The number of anilines is 1. The maximum Gasteiger partial charge on any atom is 0.407 e. The lowest BCUT2D eigenvalue weighted by atomic mass is 9.98. The summed E-state index contributed by atoms with van der Waals surface area (Å²) in [6.45, 7) is 4.63. The minimum Gasteiger partial charge on any atom is -0.453 e. The second kappa shape index (κ2) is 17.1. The first kappa shape index (κ1) is 36.9. The van der Waals surface area contributed by atoms with E-state index < -0.39 is 24.2 Å². The van der Waals surface area contributed by atoms with Gasteiger partial charge >= 0.3 is 6.09 Å². The summed E-state index contributed by atoms with van der Waals surface area (Å²) < 4.78 is 4.67. The van der Waals surface area contributed by atoms with Crippen LogP contribution in [0.4, 0.5) is 10.5 Å². The molecule has 2 aliphatic heterocycles. The average Bonchev–Trinajstić information content (AvgIpc) is 3.83. The van der Waals surface area contributed by atoms with Crippen LogP contribution in [-0.4, -0.2) is 83.5 Å². The first-order valence-corrected chi connectivity index (χ1v) is 17.6. The van der Waals surface area contributed by atoms with Crippen LogP contribution in [0.1, 0.15) is 66.6 Å². The summed E-state index contributed by atoms with van der Waals surface area (Å²) in [6.07, 6.45) is 2.55. The van der Waals surface area contributed by atoms with Crippen LogP contribution in [0.3, 0.4) is 0 Å². The number of benzene rings is 3. The number of methoxy groups -OCH3 is 1. The maximum atomic E-state index is 13.3. The van der Waals surface area contributed by atoms with Crippen molar-refractivity contribution < 1.29 is 33.5 Å². The molecule has 0 aromatic heterocycles. The summed E-state index contributed by atoms with van der Waals surface area (Å²) in [7, 11) is 1.23. The summed E-state index contributed by atoms with van der Waals surface area (Å²) >= 11 is 0. The highest BCUT2D eigenvalue weighted by Gasteiger charge is 2.39. The van der Waals surface area contributed by atoms with E-state index >= 15 is 0 Å². The molecule has 11 nitrogen and oxygen atoms in total. The molecule has 2 aliphatic rings. The molecule has 2 fully saturated rings. The van der Waals surface area contributed by atoms with Gasteiger partial charge in [0.25, 0.3) is 0 Å². The van der Waals surface area contributed by atoms with Crippen molar-refractivity contribution in [2.45, 2.75) is 76.9 Å². The standard InChI is InChI=1S/C40H46N4O7/c1-26(2)37(42-40(50)51-3)39(49)44-22-8-12-33(44)38(48)41-31-19-15-29(16-20-31)23-34(45)30-17-13-28(14-18-30)24-35(46)32-11-7-21-43(32)36(47)25-27-9-5-4-6-10-27/h4-6,9-10,13-20,26,32-33,37H,7-8,11-12,21-25H2,1-3H3,(H,41,48)(H,42,50)/t32-,33-,37-/m0/s1. The quantitative estimate of drug-likeness (QED) is 0.246. The second-order valence-corrected chi connectivity index (χ2v) is 13.6. The van der Waals surface area contributed by atoms with Crippen LogP contribution in [0.15, 0.2) is 78.9 Å². The number of alkyl carbamates (subject to hydrolysis) is 1. The number of ether oxygens (including phenoxy) is 1. The molecule has 3 aromatic carbocycles. The molecule has 3 atom stereocenters. The van der Waals surface area contributed by atoms with E-state index in [4.69, 9.17) is 0 Å². The molecule has 0 radical (unpaired) electrons. The lowest BCUT2D eigenvalue weighted by Gasteiger charge is -2.30. The maximum absolute atomic E-state index is 13.3. The van der Waals surface area contributed by atoms with E-state index in [1.165, 1.54) is 12.0 Å². The van der Waals surface area contributed by atoms with Gasteiger partial charge in [-0.2, -0.15) is 0 Å². The number of likely N-dealkylation sites (tertiary alicyclic amines) is 2. The highest BCUT2D eigenvalue weighted by molar-refractivity contribution is 5.99. The van der Waals surface area contributed by atoms with Crippen LogP contribution in [0, 0.1) is 5.92 Å². The largest absolute Gasteiger partial charge is 0.453 e. The van der Waals surface area contributed by atoms with E-state index in [0.717, 1.165) is 23.1 Å². The summed E-state index contributed by atoms with van der Waals surface area (Å²) in [5.41, 5.74) is 3.56. The molecular formula is C40H46N4O7. The van der Waals surface area contributed by atoms with E-state index in [1.54, 1.807) is 53.4 Å². The number of nitrogens with one attached hydrogen (secondary N) is 2. The van der Waals surface area contributed by atoms with Crippen molar-refractivity contribution in [1.29, 1.82) is 0 Å². The molecule has 0 aliphatic carbocycles. The van der Waals surface area contributed by atoms with Gasteiger partial charge in [-0.25, -0.2) is 4.79 Å². The molecule has 268 valence electrons. The third kappa shape index (κ3) is 9.48. The SMILES string of the molecule is COC(=O)N[C@H](C(=O)N1CCC[C@H]1C(=O)Nc1ccc(CC(=O)c2ccc(CC(=O)[C@@H]3CCCN3C(=O)Cc3ccccc3)cc2)cc1)C(C)C. The van der Waals surface area contributed by atoms with Crippen LogP contribution in [0.2, 0.25) is 0 Å². The molecule has 0 bridgehead atoms. The number of Topliss-reactive ketones (excluding diaryl/α,β-unsaturated/α-hetero) is 2. The van der Waals surface area contributed by atoms with Gasteiger partial charge in [0.15, 0.2) is 11.6 Å². The Labute approximate surface area is 298 Å². The van der Waals surface area contributed by atoms with Crippen LogP contribution in [0.25, 0.3) is 0 Å². The lowest BCUT2D eigenvalue weighted by Crippen LogP contribution is -2.54. The van der Waals surface area contributed by atoms with E-state index in [9.17, 15) is 28.8 Å². The summed E-state index contributed by atoms with van der Waals surface area (Å²) in [4.78, 5) is 80.8. The second-order valence-electron chi connectivity index (χ2n) is 13.6. The van der Waals surface area contributed by atoms with Crippen molar-refractivity contribution in [3.8, 4) is 0 Å². The van der Waals surface area contributed by atoms with Crippen molar-refractivity contribution in [1.82, 2.24) is 15.1 Å². The van der Waals surface area contributed by atoms with Crippen LogP contribution in [-0.2, 0) is 43.2 Å². The highest BCUT2D eigenvalue weighted by atomic mass is 16.5. The van der Waals surface area contributed by atoms with Crippen LogP contribution >= 0.6 is 0 Å². The predicted molar refractivity (Wildman–Crippen MR) is 192 cm³/mol. The molecule has 0 saturated carbocycles. The Hall–Kier alpha value is -5.32. The van der Waals surface area contributed by atoms with Crippen LogP contribution in [0.5, 0.6) is 0 Å². The van der Waals surface area contributed by atoms with Gasteiger partial charge in [-0.05, 0) is 60.4 Å². The minimum absolute atomic E-state index is 0.00253. The van der Waals surface area contributed by atoms with E-state index in [0.29, 0.717) is 43.6 Å². The Morgan fingerprint density at radius 3 is 1.96 bits per heavy atom. The molecule has 2 heterocycles. The molecule has 2 N–H and O–H groups in total. The zero-order chi connectivity index (χ0) is 36.5. The number of hydrogen-bond acceptors (Lipinski definition) is 7. The molecule has 0 unspecified atom stereocenters. The van der Waals surface area contributed by atoms with Gasteiger partial charge in [0.2, 0.25) is 17.7 Å². The van der Waals surface area contributed by atoms with Gasteiger partial charge in [0.05, 0.1) is 19.6 Å². The van der Waals surface area contributed by atoms with E-state index in [1.807, 2.05) is 44.2 Å². The number of carbonyl (C=O) groups is 6. The first-order valence-electron chi connectivity index (χ1n) is 17.6. The molecule has 3 aromatic rings. The van der Waals surface area contributed by atoms with Crippen LogP contribution < -0.4 is 10.6 Å². The van der Waals surface area contributed by atoms with Crippen molar-refractivity contribution >= 4 is 41.1 Å². The zero-order valence-corrected chi connectivity index (χ0v) is 29.4. The van der Waals surface area contributed by atoms with Crippen molar-refractivity contribution in [3.63, 3.8) is 0 Å². The lowest BCUT2D eigenvalue weighted by molar-refractivity contribution is -0.139. The van der Waals surface area contributed by atoms with Gasteiger partial charge in [-0.3, -0.25) is 24.0 Å². The fourth-order valence-corrected chi connectivity index (χ4v) is 6.80. The smallest absolute Gasteiger partial charge is 0.407 e. The molecule has 51 heavy (non-hydrogen) atoms. The molecule has 4 amide bonds. The fourth-order valence-electron chi connectivity index (χ4n) is 6.80. The van der Waals surface area contributed by atoms with Crippen molar-refractivity contribution in [2.24, 2.45) is 5.92 Å². The van der Waals surface area contributed by atoms with Gasteiger partial charge in [0.1, 0.15) is 12.1 Å². The number of hydrogen-bond donors (Lipinski definition) is 2. The Morgan fingerprint density at radius 2 is 1.31 bits per heavy atom. The van der Waals surface area contributed by atoms with E-state index in [-0.39, 0.29) is 54.5 Å². The molecule has 2 saturated heterocycles. The third-order valence-corrected chi connectivity index (χ3v) is 9.61. The molecule has 5 rings (SSSR count). The number of rotatable bonds is 13. The minimum atomic E-state index is -0.813. The summed E-state index contributed by atoms with van der Waals surface area (Å²) in [5, 5.41) is 5.46. The molecular weight excluding hydrogens is 648 g/mol. The predicted octanol–water partition coefficient (Wildman–Crippen LogP) is 4.77. The first-order chi connectivity index (χ1) is 24.5. The Kier molecular flexibility index (Phi) is 12.4. The molecule has 0 spiro atoms. The number of ketones is 2. The Bertz CT molecular complexity index is 1720. The highest BCUT2D eigenvalue weighted by Crippen LogP contribution is 2.24. The Balaban J connectivity index is 1.12. The fraction of sp³-hybridized carbons (Fsp3) is 0.400. The number of nitrogens with zero attached hydrogens (tertiary/aromatic N) is 2. The normalized spacial score (nSPS) is 17.6. The number of amides is 4.